The highest BCUT2D eigenvalue weighted by Crippen LogP contribution is 2.17. The van der Waals surface area contributed by atoms with Crippen LogP contribution in [0.15, 0.2) is 36.4 Å². The monoisotopic (exact) mass is 243 g/mol. The number of halogens is 1. The number of hydrogen-bond acceptors (Lipinski definition) is 1. The highest BCUT2D eigenvalue weighted by Gasteiger charge is 2.00. The molecule has 0 heterocycles. The second-order valence-corrected chi connectivity index (χ2v) is 4.81. The van der Waals surface area contributed by atoms with Crippen LogP contribution in [0.2, 0.25) is 0 Å². The minimum Gasteiger partial charge on any atom is -0.381 e. The lowest BCUT2D eigenvalue weighted by molar-refractivity contribution is 0.627. The summed E-state index contributed by atoms with van der Waals surface area (Å²) in [5.41, 5.74) is 5.69. The molecule has 1 nitrogen and oxygen atoms in total. The van der Waals surface area contributed by atoms with Crippen LogP contribution < -0.4 is 5.32 Å². The van der Waals surface area contributed by atoms with Crippen molar-refractivity contribution < 1.29 is 4.39 Å². The summed E-state index contributed by atoms with van der Waals surface area (Å²) in [4.78, 5) is 0. The van der Waals surface area contributed by atoms with Crippen molar-refractivity contribution in [2.24, 2.45) is 0 Å². The average Bonchev–Trinajstić information content (AvgIpc) is 2.26. The van der Waals surface area contributed by atoms with E-state index in [1.54, 1.807) is 12.1 Å². The molecule has 0 aliphatic rings. The van der Waals surface area contributed by atoms with E-state index in [0.717, 1.165) is 17.8 Å². The van der Waals surface area contributed by atoms with Gasteiger partial charge in [0, 0.05) is 12.2 Å². The maximum Gasteiger partial charge on any atom is 0.123 e. The topological polar surface area (TPSA) is 12.0 Å². The summed E-state index contributed by atoms with van der Waals surface area (Å²) in [7, 11) is 0. The summed E-state index contributed by atoms with van der Waals surface area (Å²) in [5, 5.41) is 3.34. The van der Waals surface area contributed by atoms with Crippen molar-refractivity contribution in [2.75, 3.05) is 5.32 Å². The van der Waals surface area contributed by atoms with Gasteiger partial charge in [0.1, 0.15) is 5.82 Å². The Balaban J connectivity index is 2.11. The first-order chi connectivity index (χ1) is 8.54. The normalized spacial score (nSPS) is 10.4. The van der Waals surface area contributed by atoms with Crippen LogP contribution in [0.3, 0.4) is 0 Å². The molecule has 2 heteroatoms. The summed E-state index contributed by atoms with van der Waals surface area (Å²) in [6.07, 6.45) is 0. The van der Waals surface area contributed by atoms with Crippen LogP contribution >= 0.6 is 0 Å². The molecule has 0 bridgehead atoms. The van der Waals surface area contributed by atoms with E-state index in [1.165, 1.54) is 22.8 Å². The predicted molar refractivity (Wildman–Crippen MR) is 74.4 cm³/mol. The molecule has 2 aromatic rings. The fraction of sp³-hybridized carbons (Fsp3) is 0.250. The van der Waals surface area contributed by atoms with E-state index in [2.05, 4.69) is 37.4 Å². The summed E-state index contributed by atoms with van der Waals surface area (Å²) in [6, 6.07) is 11.3. The van der Waals surface area contributed by atoms with Gasteiger partial charge >= 0.3 is 0 Å². The summed E-state index contributed by atoms with van der Waals surface area (Å²) < 4.78 is 13.0. The number of rotatable bonds is 3. The van der Waals surface area contributed by atoms with Gasteiger partial charge in [-0.3, -0.25) is 0 Å². The van der Waals surface area contributed by atoms with Crippen LogP contribution in [0.25, 0.3) is 0 Å². The van der Waals surface area contributed by atoms with Gasteiger partial charge in [-0.05, 0) is 50.1 Å². The third-order valence-electron chi connectivity index (χ3n) is 2.95. The lowest BCUT2D eigenvalue weighted by Crippen LogP contribution is -2.02. The zero-order valence-electron chi connectivity index (χ0n) is 11.0. The van der Waals surface area contributed by atoms with E-state index in [-0.39, 0.29) is 5.82 Å². The molecular formula is C16H18FN. The van der Waals surface area contributed by atoms with Crippen LogP contribution in [-0.4, -0.2) is 0 Å². The SMILES string of the molecule is Cc1cc(C)cc(CNc2ccc(F)cc2C)c1. The third kappa shape index (κ3) is 3.10. The molecule has 0 atom stereocenters. The number of anilines is 1. The largest absolute Gasteiger partial charge is 0.381 e. The highest BCUT2D eigenvalue weighted by molar-refractivity contribution is 5.51. The van der Waals surface area contributed by atoms with E-state index < -0.39 is 0 Å². The first-order valence-corrected chi connectivity index (χ1v) is 6.12. The molecule has 0 fully saturated rings. The van der Waals surface area contributed by atoms with Gasteiger partial charge in [-0.2, -0.15) is 0 Å². The minimum atomic E-state index is -0.190. The van der Waals surface area contributed by atoms with Gasteiger partial charge in [0.25, 0.3) is 0 Å². The molecule has 0 aliphatic heterocycles. The molecule has 1 N–H and O–H groups in total. The molecule has 0 amide bonds. The highest BCUT2D eigenvalue weighted by atomic mass is 19.1. The van der Waals surface area contributed by atoms with Gasteiger partial charge in [0.05, 0.1) is 0 Å². The Hall–Kier alpha value is -1.83. The summed E-state index contributed by atoms with van der Waals surface area (Å²) >= 11 is 0. The lowest BCUT2D eigenvalue weighted by atomic mass is 10.1. The van der Waals surface area contributed by atoms with Crippen molar-refractivity contribution in [1.82, 2.24) is 0 Å². The number of aryl methyl sites for hydroxylation is 3. The molecule has 0 saturated heterocycles. The van der Waals surface area contributed by atoms with Gasteiger partial charge in [-0.1, -0.05) is 29.3 Å². The van der Waals surface area contributed by atoms with E-state index in [1.807, 2.05) is 6.92 Å². The first-order valence-electron chi connectivity index (χ1n) is 6.12. The van der Waals surface area contributed by atoms with Crippen LogP contribution in [0.1, 0.15) is 22.3 Å². The molecule has 2 rings (SSSR count). The maximum atomic E-state index is 13.0. The van der Waals surface area contributed by atoms with E-state index in [0.29, 0.717) is 0 Å². The van der Waals surface area contributed by atoms with Crippen molar-refractivity contribution in [2.45, 2.75) is 27.3 Å². The molecule has 0 aliphatic carbocycles. The first kappa shape index (κ1) is 12.6. The Bertz CT molecular complexity index is 541. The third-order valence-corrected chi connectivity index (χ3v) is 2.95. The van der Waals surface area contributed by atoms with Gasteiger partial charge in [-0.25, -0.2) is 4.39 Å². The average molecular weight is 243 g/mol. The second kappa shape index (κ2) is 5.21. The van der Waals surface area contributed by atoms with E-state index in [9.17, 15) is 4.39 Å². The minimum absolute atomic E-state index is 0.190. The van der Waals surface area contributed by atoms with Gasteiger partial charge in [0.15, 0.2) is 0 Å². The number of nitrogens with one attached hydrogen (secondary N) is 1. The Morgan fingerprint density at radius 3 is 2.22 bits per heavy atom. The molecule has 94 valence electrons. The van der Waals surface area contributed by atoms with Crippen molar-refractivity contribution in [3.05, 3.63) is 64.5 Å². The number of benzene rings is 2. The lowest BCUT2D eigenvalue weighted by Gasteiger charge is -2.11. The molecule has 2 aromatic carbocycles. The van der Waals surface area contributed by atoms with E-state index in [4.69, 9.17) is 0 Å². The van der Waals surface area contributed by atoms with Crippen LogP contribution in [0.4, 0.5) is 10.1 Å². The quantitative estimate of drug-likeness (QED) is 0.844. The van der Waals surface area contributed by atoms with Gasteiger partial charge < -0.3 is 5.32 Å². The molecule has 18 heavy (non-hydrogen) atoms. The molecule has 0 aromatic heterocycles. The predicted octanol–water partition coefficient (Wildman–Crippen LogP) is 4.36. The van der Waals surface area contributed by atoms with Gasteiger partial charge in [0.2, 0.25) is 0 Å². The molecule has 0 radical (unpaired) electrons. The van der Waals surface area contributed by atoms with Crippen LogP contribution in [0, 0.1) is 26.6 Å². The fourth-order valence-corrected chi connectivity index (χ4v) is 2.19. The van der Waals surface area contributed by atoms with Crippen LogP contribution in [0.5, 0.6) is 0 Å². The Kier molecular flexibility index (Phi) is 3.66. The molecule has 0 saturated carbocycles. The van der Waals surface area contributed by atoms with Crippen molar-refractivity contribution in [1.29, 1.82) is 0 Å². The Morgan fingerprint density at radius 1 is 0.944 bits per heavy atom. The molecule has 0 unspecified atom stereocenters. The second-order valence-electron chi connectivity index (χ2n) is 4.81. The molecule has 0 spiro atoms. The zero-order valence-corrected chi connectivity index (χ0v) is 11.0. The van der Waals surface area contributed by atoms with Crippen molar-refractivity contribution in [3.8, 4) is 0 Å². The molecular weight excluding hydrogens is 225 g/mol. The smallest absolute Gasteiger partial charge is 0.123 e. The maximum absolute atomic E-state index is 13.0. The Labute approximate surface area is 108 Å². The van der Waals surface area contributed by atoms with Crippen molar-refractivity contribution in [3.63, 3.8) is 0 Å². The van der Waals surface area contributed by atoms with E-state index >= 15 is 0 Å². The van der Waals surface area contributed by atoms with Crippen molar-refractivity contribution >= 4 is 5.69 Å². The fourth-order valence-electron chi connectivity index (χ4n) is 2.19. The van der Waals surface area contributed by atoms with Crippen LogP contribution in [-0.2, 0) is 6.54 Å². The van der Waals surface area contributed by atoms with Gasteiger partial charge in [-0.15, -0.1) is 0 Å². The Morgan fingerprint density at radius 2 is 1.61 bits per heavy atom. The number of hydrogen-bond donors (Lipinski definition) is 1. The summed E-state index contributed by atoms with van der Waals surface area (Å²) in [5.74, 6) is -0.190. The zero-order chi connectivity index (χ0) is 13.1. The standard InChI is InChI=1S/C16H18FN/c1-11-6-12(2)8-14(7-11)10-18-16-5-4-15(17)9-13(16)3/h4-9,18H,10H2,1-3H3. The summed E-state index contributed by atoms with van der Waals surface area (Å²) in [6.45, 7) is 6.86.